The summed E-state index contributed by atoms with van der Waals surface area (Å²) in [6.45, 7) is 5.95. The van der Waals surface area contributed by atoms with Crippen LogP contribution in [0.25, 0.3) is 0 Å². The Kier molecular flexibility index (Phi) is 6.12. The monoisotopic (exact) mass is 408 g/mol. The fourth-order valence-corrected chi connectivity index (χ4v) is 5.87. The fourth-order valence-electron chi connectivity index (χ4n) is 5.87. The maximum atomic E-state index is 6.25. The van der Waals surface area contributed by atoms with Crippen LogP contribution in [0.2, 0.25) is 0 Å². The lowest BCUT2D eigenvalue weighted by Crippen LogP contribution is -2.24. The van der Waals surface area contributed by atoms with Crippen LogP contribution in [0.4, 0.5) is 0 Å². The summed E-state index contributed by atoms with van der Waals surface area (Å²) in [4.78, 5) is 0. The molecule has 4 aliphatic carbocycles. The van der Waals surface area contributed by atoms with Gasteiger partial charge in [-0.25, -0.2) is 0 Å². The first kappa shape index (κ1) is 20.5. The third kappa shape index (κ3) is 4.89. The van der Waals surface area contributed by atoms with E-state index in [9.17, 15) is 0 Å². The van der Waals surface area contributed by atoms with Crippen LogP contribution in [0, 0.1) is 43.4 Å². The van der Waals surface area contributed by atoms with Gasteiger partial charge in [-0.1, -0.05) is 6.08 Å². The van der Waals surface area contributed by atoms with Crippen molar-refractivity contribution >= 4 is 0 Å². The van der Waals surface area contributed by atoms with Gasteiger partial charge in [-0.3, -0.25) is 0 Å². The van der Waals surface area contributed by atoms with E-state index in [0.29, 0.717) is 0 Å². The molecule has 164 valence electrons. The molecule has 1 aromatic carbocycles. The number of benzene rings is 1. The largest absolute Gasteiger partial charge is 0.493 e. The van der Waals surface area contributed by atoms with Crippen molar-refractivity contribution in [3.05, 3.63) is 34.9 Å². The Hall–Kier alpha value is -1.44. The Morgan fingerprint density at radius 1 is 0.700 bits per heavy atom. The zero-order valence-corrected chi connectivity index (χ0v) is 19.1. The topological polar surface area (TPSA) is 18.5 Å². The lowest BCUT2D eigenvalue weighted by Gasteiger charge is -2.35. The molecule has 0 bridgehead atoms. The fraction of sp³-hybridized carbons (Fsp3) is 0.714. The van der Waals surface area contributed by atoms with Crippen molar-refractivity contribution in [3.8, 4) is 11.5 Å². The molecular weight excluding hydrogens is 368 g/mol. The maximum Gasteiger partial charge on any atom is 0.123 e. The van der Waals surface area contributed by atoms with Gasteiger partial charge in [0.15, 0.2) is 0 Å². The van der Waals surface area contributed by atoms with Gasteiger partial charge in [-0.15, -0.1) is 0 Å². The summed E-state index contributed by atoms with van der Waals surface area (Å²) >= 11 is 0. The van der Waals surface area contributed by atoms with Gasteiger partial charge in [0, 0.05) is 0 Å². The highest BCUT2D eigenvalue weighted by Gasteiger charge is 2.36. The molecule has 0 saturated heterocycles. The Bertz CT molecular complexity index is 763. The molecule has 30 heavy (non-hydrogen) atoms. The first-order valence-corrected chi connectivity index (χ1v) is 12.7. The molecule has 5 rings (SSSR count). The van der Waals surface area contributed by atoms with Crippen LogP contribution in [0.1, 0.15) is 81.8 Å². The third-order valence-corrected chi connectivity index (χ3v) is 8.59. The molecule has 3 saturated carbocycles. The van der Waals surface area contributed by atoms with Crippen LogP contribution < -0.4 is 9.47 Å². The molecule has 0 heterocycles. The van der Waals surface area contributed by atoms with E-state index in [1.54, 1.807) is 0 Å². The highest BCUT2D eigenvalue weighted by atomic mass is 16.5. The van der Waals surface area contributed by atoms with E-state index in [1.165, 1.54) is 87.3 Å². The van der Waals surface area contributed by atoms with E-state index < -0.39 is 0 Å². The summed E-state index contributed by atoms with van der Waals surface area (Å²) in [5.74, 6) is 6.97. The summed E-state index contributed by atoms with van der Waals surface area (Å²) in [6.07, 6.45) is 18.1. The van der Waals surface area contributed by atoms with Crippen LogP contribution >= 0.6 is 0 Å². The molecule has 2 nitrogen and oxygen atoms in total. The molecule has 2 heteroatoms. The molecule has 0 aromatic heterocycles. The van der Waals surface area contributed by atoms with Gasteiger partial charge in [0.05, 0.1) is 6.61 Å². The van der Waals surface area contributed by atoms with E-state index >= 15 is 0 Å². The average Bonchev–Trinajstić information content (AvgIpc) is 3.69. The van der Waals surface area contributed by atoms with Crippen LogP contribution in [-0.2, 0) is 0 Å². The second kappa shape index (κ2) is 8.97. The first-order valence-electron chi connectivity index (χ1n) is 12.7. The van der Waals surface area contributed by atoms with Gasteiger partial charge in [0.2, 0.25) is 0 Å². The second-order valence-electron chi connectivity index (χ2n) is 10.8. The van der Waals surface area contributed by atoms with E-state index in [4.69, 9.17) is 9.47 Å². The predicted molar refractivity (Wildman–Crippen MR) is 123 cm³/mol. The first-order chi connectivity index (χ1) is 14.7. The lowest BCUT2D eigenvalue weighted by atomic mass is 9.70. The molecule has 1 atom stereocenters. The van der Waals surface area contributed by atoms with Crippen LogP contribution in [-0.4, -0.2) is 13.2 Å². The van der Waals surface area contributed by atoms with E-state index in [-0.39, 0.29) is 0 Å². The van der Waals surface area contributed by atoms with Gasteiger partial charge in [-0.05, 0) is 143 Å². The normalized spacial score (nSPS) is 29.4. The molecule has 0 radical (unpaired) electrons. The summed E-state index contributed by atoms with van der Waals surface area (Å²) < 4.78 is 12.3. The van der Waals surface area contributed by atoms with Crippen molar-refractivity contribution in [1.82, 2.24) is 0 Å². The number of hydrogen-bond acceptors (Lipinski definition) is 2. The Morgan fingerprint density at radius 2 is 1.27 bits per heavy atom. The number of hydrogen-bond donors (Lipinski definition) is 0. The van der Waals surface area contributed by atoms with Crippen molar-refractivity contribution in [1.29, 1.82) is 0 Å². The highest BCUT2D eigenvalue weighted by Crippen LogP contribution is 2.47. The minimum Gasteiger partial charge on any atom is -0.493 e. The highest BCUT2D eigenvalue weighted by molar-refractivity contribution is 5.47. The summed E-state index contributed by atoms with van der Waals surface area (Å²) in [5, 5.41) is 0. The standard InChI is InChI=1S/C28H40O2/c1-19-20(2)28(16-15-27(19)29-17-21-3-4-21)30-18-22-5-7-23(8-6-22)24-9-11-25(12-10-24)26-13-14-26/h5,15-16,21,23-26H,3-4,6-14,17-18H2,1-2H3. The Morgan fingerprint density at radius 3 is 1.80 bits per heavy atom. The average molecular weight is 409 g/mol. The number of ether oxygens (including phenoxy) is 2. The van der Waals surface area contributed by atoms with Gasteiger partial charge in [0.1, 0.15) is 18.1 Å². The summed E-state index contributed by atoms with van der Waals surface area (Å²) in [6, 6.07) is 4.21. The molecule has 0 amide bonds. The smallest absolute Gasteiger partial charge is 0.123 e. The van der Waals surface area contributed by atoms with E-state index in [0.717, 1.165) is 54.3 Å². The van der Waals surface area contributed by atoms with Gasteiger partial charge in [0.25, 0.3) is 0 Å². The second-order valence-corrected chi connectivity index (χ2v) is 10.8. The molecule has 1 aromatic rings. The molecule has 0 N–H and O–H groups in total. The quantitative estimate of drug-likeness (QED) is 0.417. The van der Waals surface area contributed by atoms with Crippen molar-refractivity contribution in [3.63, 3.8) is 0 Å². The molecule has 0 aliphatic heterocycles. The molecular formula is C28H40O2. The van der Waals surface area contributed by atoms with Crippen molar-refractivity contribution < 1.29 is 9.47 Å². The maximum absolute atomic E-state index is 6.25. The van der Waals surface area contributed by atoms with Crippen LogP contribution in [0.3, 0.4) is 0 Å². The Labute approximate surface area is 183 Å². The molecule has 4 aliphatic rings. The molecule has 1 unspecified atom stereocenters. The zero-order valence-electron chi connectivity index (χ0n) is 19.1. The Balaban J connectivity index is 1.09. The van der Waals surface area contributed by atoms with Crippen molar-refractivity contribution in [2.75, 3.05) is 13.2 Å². The molecule has 0 spiro atoms. The van der Waals surface area contributed by atoms with Crippen LogP contribution in [0.15, 0.2) is 23.8 Å². The van der Waals surface area contributed by atoms with Crippen LogP contribution in [0.5, 0.6) is 11.5 Å². The molecule has 3 fully saturated rings. The van der Waals surface area contributed by atoms with Crippen molar-refractivity contribution in [2.45, 2.75) is 84.5 Å². The van der Waals surface area contributed by atoms with Gasteiger partial charge < -0.3 is 9.47 Å². The third-order valence-electron chi connectivity index (χ3n) is 8.59. The minimum atomic E-state index is 0.754. The SMILES string of the molecule is Cc1c(OCC2=CCC(C3CCC(C4CC4)CC3)CC2)ccc(OCC2CC2)c1C. The minimum absolute atomic E-state index is 0.754. The summed E-state index contributed by atoms with van der Waals surface area (Å²) in [7, 11) is 0. The van der Waals surface area contributed by atoms with E-state index in [2.05, 4.69) is 32.1 Å². The van der Waals surface area contributed by atoms with E-state index in [1.807, 2.05) is 0 Å². The van der Waals surface area contributed by atoms with Gasteiger partial charge >= 0.3 is 0 Å². The number of rotatable bonds is 8. The summed E-state index contributed by atoms with van der Waals surface area (Å²) in [5.41, 5.74) is 3.96. The van der Waals surface area contributed by atoms with Gasteiger partial charge in [-0.2, -0.15) is 0 Å². The lowest BCUT2D eigenvalue weighted by molar-refractivity contribution is 0.179. The van der Waals surface area contributed by atoms with Crippen molar-refractivity contribution in [2.24, 2.45) is 29.6 Å². The zero-order chi connectivity index (χ0) is 20.5. The number of allylic oxidation sites excluding steroid dienone is 1. The predicted octanol–water partition coefficient (Wildman–Crippen LogP) is 7.41.